The molecule has 0 N–H and O–H groups in total. The highest BCUT2D eigenvalue weighted by molar-refractivity contribution is 6.10. The van der Waals surface area contributed by atoms with E-state index in [0.29, 0.717) is 24.0 Å². The maximum absolute atomic E-state index is 5.07. The Hall–Kier alpha value is -8.41. The van der Waals surface area contributed by atoms with E-state index in [-0.39, 0.29) is 0 Å². The first kappa shape index (κ1) is 37.6. The van der Waals surface area contributed by atoms with Gasteiger partial charge in [-0.3, -0.25) is 0 Å². The van der Waals surface area contributed by atoms with Gasteiger partial charge < -0.3 is 9.47 Å². The second kappa shape index (κ2) is 16.2. The molecule has 0 unspecified atom stereocenters. The molecule has 0 fully saturated rings. The molecular weight excluding hydrogens is 767 g/mol. The molecule has 0 bridgehead atoms. The van der Waals surface area contributed by atoms with Crippen molar-refractivity contribution in [3.05, 3.63) is 237 Å². The van der Waals surface area contributed by atoms with Crippen molar-refractivity contribution >= 4 is 38.8 Å². The molecule has 2 aromatic heterocycles. The minimum Gasteiger partial charge on any atom is -0.337 e. The van der Waals surface area contributed by atoms with Crippen LogP contribution in [0.15, 0.2) is 231 Å². The predicted molar refractivity (Wildman–Crippen MR) is 262 cm³/mol. The summed E-state index contributed by atoms with van der Waals surface area (Å²) in [7, 11) is 0. The van der Waals surface area contributed by atoms with Gasteiger partial charge in [0.1, 0.15) is 0 Å². The van der Waals surface area contributed by atoms with E-state index in [1.54, 1.807) is 0 Å². The lowest BCUT2D eigenvalue weighted by molar-refractivity contribution is 1.07. The lowest BCUT2D eigenvalue weighted by Gasteiger charge is -2.28. The van der Waals surface area contributed by atoms with Gasteiger partial charge in [0.05, 0.1) is 11.0 Å². The van der Waals surface area contributed by atoms with E-state index in [9.17, 15) is 0 Å². The van der Waals surface area contributed by atoms with Gasteiger partial charge in [0.15, 0.2) is 17.5 Å². The Balaban J connectivity index is 1.10. The number of fused-ring (bicyclic) bond motifs is 4. The van der Waals surface area contributed by atoms with Gasteiger partial charge in [-0.2, -0.15) is 0 Å². The normalized spacial score (nSPS) is 13.6. The van der Waals surface area contributed by atoms with Gasteiger partial charge in [-0.25, -0.2) is 15.0 Å². The SMILES string of the molecule is C=C1/C=C\C=C/CN(c2cccc(-c3nc(-c4ccccc4)nc(-c4ccccc4)n3)c2)c2cc(-c3ccccc3)c(-c3ccc4c5ccccc5n(-c5ccccc5)c4c3)cc21. The second-order valence-corrected chi connectivity index (χ2v) is 15.7. The van der Waals surface area contributed by atoms with Crippen LogP contribution in [-0.2, 0) is 0 Å². The van der Waals surface area contributed by atoms with Crippen LogP contribution in [0, 0.1) is 0 Å². The first-order chi connectivity index (χ1) is 31.2. The highest BCUT2D eigenvalue weighted by atomic mass is 15.1. The summed E-state index contributed by atoms with van der Waals surface area (Å²) in [5, 5.41) is 2.45. The molecule has 8 aromatic carbocycles. The number of nitrogens with zero attached hydrogens (tertiary/aromatic N) is 5. The van der Waals surface area contributed by atoms with Crippen LogP contribution in [-0.4, -0.2) is 26.1 Å². The average Bonchev–Trinajstić information content (AvgIpc) is 3.72. The molecule has 1 aliphatic rings. The average molecular weight is 808 g/mol. The molecule has 0 aliphatic carbocycles. The van der Waals surface area contributed by atoms with E-state index >= 15 is 0 Å². The Bertz CT molecular complexity index is 3310. The quantitative estimate of drug-likeness (QED) is 0.161. The summed E-state index contributed by atoms with van der Waals surface area (Å²) in [6.45, 7) is 5.29. The third-order valence-corrected chi connectivity index (χ3v) is 11.8. The molecule has 0 spiro atoms. The molecule has 11 rings (SSSR count). The summed E-state index contributed by atoms with van der Waals surface area (Å²) in [5.74, 6) is 1.87. The van der Waals surface area contributed by atoms with Crippen molar-refractivity contribution in [3.63, 3.8) is 0 Å². The molecular formula is C58H41N5. The van der Waals surface area contributed by atoms with Crippen molar-refractivity contribution in [1.82, 2.24) is 19.5 Å². The zero-order valence-corrected chi connectivity index (χ0v) is 34.5. The molecule has 63 heavy (non-hydrogen) atoms. The third kappa shape index (κ3) is 7.11. The fourth-order valence-corrected chi connectivity index (χ4v) is 8.76. The van der Waals surface area contributed by atoms with E-state index in [0.717, 1.165) is 72.7 Å². The second-order valence-electron chi connectivity index (χ2n) is 15.7. The molecule has 298 valence electrons. The van der Waals surface area contributed by atoms with E-state index in [1.807, 2.05) is 60.7 Å². The van der Waals surface area contributed by atoms with Crippen LogP contribution in [0.25, 0.3) is 89.5 Å². The minimum absolute atomic E-state index is 0.610. The van der Waals surface area contributed by atoms with Gasteiger partial charge in [-0.1, -0.05) is 183 Å². The monoisotopic (exact) mass is 807 g/mol. The summed E-state index contributed by atoms with van der Waals surface area (Å²) in [5.41, 5.74) is 14.8. The first-order valence-corrected chi connectivity index (χ1v) is 21.3. The smallest absolute Gasteiger partial charge is 0.164 e. The Kier molecular flexibility index (Phi) is 9.68. The first-order valence-electron chi connectivity index (χ1n) is 21.3. The van der Waals surface area contributed by atoms with Crippen LogP contribution in [0.3, 0.4) is 0 Å². The predicted octanol–water partition coefficient (Wildman–Crippen LogP) is 14.6. The number of anilines is 2. The van der Waals surface area contributed by atoms with Gasteiger partial charge in [0, 0.05) is 56.6 Å². The number of allylic oxidation sites excluding steroid dienone is 4. The maximum atomic E-state index is 5.07. The van der Waals surface area contributed by atoms with Crippen molar-refractivity contribution in [2.45, 2.75) is 0 Å². The fourth-order valence-electron chi connectivity index (χ4n) is 8.76. The number of benzene rings is 8. The van der Waals surface area contributed by atoms with Crippen LogP contribution < -0.4 is 4.90 Å². The van der Waals surface area contributed by atoms with Gasteiger partial charge in [-0.05, 0) is 76.4 Å². The van der Waals surface area contributed by atoms with E-state index in [2.05, 4.69) is 180 Å². The Morgan fingerprint density at radius 3 is 1.65 bits per heavy atom. The lowest BCUT2D eigenvalue weighted by atomic mass is 9.89. The highest BCUT2D eigenvalue weighted by Crippen LogP contribution is 2.44. The van der Waals surface area contributed by atoms with Crippen molar-refractivity contribution in [1.29, 1.82) is 0 Å². The van der Waals surface area contributed by atoms with Crippen molar-refractivity contribution in [2.75, 3.05) is 11.4 Å². The molecule has 0 saturated heterocycles. The molecule has 1 aliphatic heterocycles. The third-order valence-electron chi connectivity index (χ3n) is 11.8. The van der Waals surface area contributed by atoms with Crippen molar-refractivity contribution in [2.24, 2.45) is 0 Å². The summed E-state index contributed by atoms with van der Waals surface area (Å²) in [6, 6.07) is 70.4. The van der Waals surface area contributed by atoms with Crippen molar-refractivity contribution < 1.29 is 0 Å². The Labute approximate surface area is 367 Å². The van der Waals surface area contributed by atoms with E-state index in [4.69, 9.17) is 15.0 Å². The van der Waals surface area contributed by atoms with Crippen molar-refractivity contribution in [3.8, 4) is 62.1 Å². The topological polar surface area (TPSA) is 46.8 Å². The van der Waals surface area contributed by atoms with Crippen LogP contribution in [0.5, 0.6) is 0 Å². The number of rotatable bonds is 7. The summed E-state index contributed by atoms with van der Waals surface area (Å²) in [6.07, 6.45) is 8.50. The van der Waals surface area contributed by atoms with Crippen LogP contribution in [0.2, 0.25) is 0 Å². The molecule has 0 atom stereocenters. The minimum atomic E-state index is 0.610. The Morgan fingerprint density at radius 1 is 0.397 bits per heavy atom. The van der Waals surface area contributed by atoms with Gasteiger partial charge in [-0.15, -0.1) is 0 Å². The molecule has 3 heterocycles. The molecule has 0 saturated carbocycles. The molecule has 5 heteroatoms. The van der Waals surface area contributed by atoms with Gasteiger partial charge in [0.2, 0.25) is 0 Å². The summed E-state index contributed by atoms with van der Waals surface area (Å²) < 4.78 is 2.38. The maximum Gasteiger partial charge on any atom is 0.164 e. The number of aromatic nitrogens is 4. The molecule has 0 radical (unpaired) electrons. The van der Waals surface area contributed by atoms with E-state index in [1.165, 1.54) is 16.3 Å². The molecule has 0 amide bonds. The standard InChI is InChI=1S/C58H41N5/c1-40-20-7-6-18-35-62(47-30-19-27-45(36-47)58-60-56(42-23-10-3-11-24-42)59-57(61-58)43-25-12-4-13-26-43)54-39-52(41-21-8-2-9-22-41)51(38-50(40)54)44-33-34-49-48-31-16-17-32-53(48)63(55(49)37-44)46-28-14-5-15-29-46/h2-34,36-39H,1,35H2/b18-6-,20-7-. The zero-order valence-electron chi connectivity index (χ0n) is 34.5. The van der Waals surface area contributed by atoms with Gasteiger partial charge >= 0.3 is 0 Å². The zero-order chi connectivity index (χ0) is 42.1. The Morgan fingerprint density at radius 2 is 0.952 bits per heavy atom. The highest BCUT2D eigenvalue weighted by Gasteiger charge is 2.22. The van der Waals surface area contributed by atoms with Crippen LogP contribution in [0.1, 0.15) is 5.56 Å². The lowest BCUT2D eigenvalue weighted by Crippen LogP contribution is -2.18. The fraction of sp³-hybridized carbons (Fsp3) is 0.0172. The molecule has 5 nitrogen and oxygen atoms in total. The van der Waals surface area contributed by atoms with Gasteiger partial charge in [0.25, 0.3) is 0 Å². The number of hydrogen-bond acceptors (Lipinski definition) is 4. The summed E-state index contributed by atoms with van der Waals surface area (Å²) >= 11 is 0. The van der Waals surface area contributed by atoms with Crippen LogP contribution in [0.4, 0.5) is 11.4 Å². The van der Waals surface area contributed by atoms with Crippen LogP contribution >= 0.6 is 0 Å². The molecule has 10 aromatic rings. The number of hydrogen-bond donors (Lipinski definition) is 0. The summed E-state index contributed by atoms with van der Waals surface area (Å²) in [4.78, 5) is 17.5. The number of para-hydroxylation sites is 2. The largest absolute Gasteiger partial charge is 0.337 e. The van der Waals surface area contributed by atoms with E-state index < -0.39 is 0 Å².